The largest absolute Gasteiger partial charge is 0.369 e. The molecule has 1 aromatic heterocycles. The first-order valence-electron chi connectivity index (χ1n) is 14.3. The summed E-state index contributed by atoms with van der Waals surface area (Å²) in [6.07, 6.45) is 5.51. The first-order valence-corrected chi connectivity index (χ1v) is 14.3. The highest BCUT2D eigenvalue weighted by Gasteiger charge is 2.27. The second-order valence-electron chi connectivity index (χ2n) is 11.5. The van der Waals surface area contributed by atoms with Crippen molar-refractivity contribution in [1.29, 1.82) is 0 Å². The van der Waals surface area contributed by atoms with E-state index in [0.29, 0.717) is 0 Å². The van der Waals surface area contributed by atoms with Crippen molar-refractivity contribution < 1.29 is 0 Å². The lowest BCUT2D eigenvalue weighted by Gasteiger charge is -2.30. The molecule has 0 N–H and O–H groups in total. The fraction of sp³-hybridized carbons (Fsp3) is 0.500. The zero-order valence-corrected chi connectivity index (χ0v) is 24.3. The first kappa shape index (κ1) is 27.4. The number of rotatable bonds is 7. The molecule has 3 aromatic rings. The molecule has 0 radical (unpaired) electrons. The summed E-state index contributed by atoms with van der Waals surface area (Å²) in [5.74, 6) is 0.877. The van der Waals surface area contributed by atoms with Crippen LogP contribution in [0.1, 0.15) is 64.9 Å². The van der Waals surface area contributed by atoms with Gasteiger partial charge in [-0.05, 0) is 127 Å². The number of aryl methyl sites for hydroxylation is 6. The summed E-state index contributed by atoms with van der Waals surface area (Å²) in [6.45, 7) is 21.2. The van der Waals surface area contributed by atoms with Crippen LogP contribution in [0.3, 0.4) is 0 Å². The van der Waals surface area contributed by atoms with E-state index in [0.717, 1.165) is 23.9 Å². The molecule has 1 aliphatic heterocycles. The maximum absolute atomic E-state index is 4.83. The van der Waals surface area contributed by atoms with Crippen LogP contribution in [0, 0.1) is 54.4 Å². The molecule has 1 aliphatic carbocycles. The monoisotopic (exact) mass is 497 g/mol. The summed E-state index contributed by atoms with van der Waals surface area (Å²) >= 11 is 0. The molecule has 2 heterocycles. The molecule has 2 fully saturated rings. The maximum Gasteiger partial charge on any atom is 0.0483 e. The summed E-state index contributed by atoms with van der Waals surface area (Å²) in [7, 11) is 0. The van der Waals surface area contributed by atoms with Crippen molar-refractivity contribution in [2.75, 3.05) is 37.6 Å². The van der Waals surface area contributed by atoms with Crippen molar-refractivity contribution in [3.63, 3.8) is 0 Å². The Morgan fingerprint density at radius 3 is 2.11 bits per heavy atom. The lowest BCUT2D eigenvalue weighted by atomic mass is 9.96. The van der Waals surface area contributed by atoms with Crippen LogP contribution in [0.4, 0.5) is 5.69 Å². The van der Waals surface area contributed by atoms with Gasteiger partial charge in [-0.25, -0.2) is 0 Å². The third-order valence-corrected chi connectivity index (χ3v) is 8.19. The molecule has 2 aromatic carbocycles. The highest BCUT2D eigenvalue weighted by atomic mass is 15.2. The first-order chi connectivity index (χ1) is 17.7. The van der Waals surface area contributed by atoms with E-state index in [1.54, 1.807) is 0 Å². The minimum atomic E-state index is 0.877. The van der Waals surface area contributed by atoms with E-state index in [4.69, 9.17) is 4.98 Å². The summed E-state index contributed by atoms with van der Waals surface area (Å²) in [5, 5.41) is 0. The highest BCUT2D eigenvalue weighted by molar-refractivity contribution is 5.82. The Bertz CT molecular complexity index is 1180. The van der Waals surface area contributed by atoms with Gasteiger partial charge in [0.2, 0.25) is 0 Å². The normalized spacial score (nSPS) is 15.4. The van der Waals surface area contributed by atoms with Crippen LogP contribution < -0.4 is 4.90 Å². The molecular formula is C34H47N3. The van der Waals surface area contributed by atoms with Crippen LogP contribution >= 0.6 is 0 Å². The molecule has 5 rings (SSSR count). The van der Waals surface area contributed by atoms with E-state index < -0.39 is 0 Å². The fourth-order valence-corrected chi connectivity index (χ4v) is 5.69. The zero-order chi connectivity index (χ0) is 26.5. The van der Waals surface area contributed by atoms with Gasteiger partial charge in [-0.2, -0.15) is 0 Å². The van der Waals surface area contributed by atoms with E-state index in [-0.39, 0.29) is 0 Å². The number of likely N-dealkylation sites (tertiary alicyclic amines) is 1. The Morgan fingerprint density at radius 2 is 1.49 bits per heavy atom. The number of pyridine rings is 1. The molecule has 37 heavy (non-hydrogen) atoms. The van der Waals surface area contributed by atoms with Gasteiger partial charge in [0.15, 0.2) is 0 Å². The van der Waals surface area contributed by atoms with E-state index >= 15 is 0 Å². The predicted octanol–water partition coefficient (Wildman–Crippen LogP) is 7.91. The zero-order valence-electron chi connectivity index (χ0n) is 24.3. The summed E-state index contributed by atoms with van der Waals surface area (Å²) in [5.41, 5.74) is 13.3. The lowest BCUT2D eigenvalue weighted by Crippen LogP contribution is -2.35. The number of nitrogens with zero attached hydrogens (tertiary/aromatic N) is 3. The number of benzene rings is 2. The molecule has 0 unspecified atom stereocenters. The van der Waals surface area contributed by atoms with Gasteiger partial charge in [0.05, 0.1) is 0 Å². The number of anilines is 1. The van der Waals surface area contributed by atoms with Gasteiger partial charge >= 0.3 is 0 Å². The van der Waals surface area contributed by atoms with Crippen molar-refractivity contribution in [2.45, 2.75) is 74.1 Å². The van der Waals surface area contributed by atoms with Gasteiger partial charge in [-0.3, -0.25) is 4.98 Å². The number of hydrogen-bond acceptors (Lipinski definition) is 3. The fourth-order valence-electron chi connectivity index (χ4n) is 5.69. The van der Waals surface area contributed by atoms with Crippen molar-refractivity contribution in [1.82, 2.24) is 9.88 Å². The molecule has 3 heteroatoms. The smallest absolute Gasteiger partial charge is 0.0483 e. The lowest BCUT2D eigenvalue weighted by molar-refractivity contribution is 0.344. The molecule has 3 nitrogen and oxygen atoms in total. The highest BCUT2D eigenvalue weighted by Crippen LogP contribution is 2.38. The van der Waals surface area contributed by atoms with Crippen molar-refractivity contribution in [2.24, 2.45) is 5.92 Å². The molecule has 0 atom stereocenters. The van der Waals surface area contributed by atoms with Crippen LogP contribution in [0.5, 0.6) is 0 Å². The third kappa shape index (κ3) is 7.23. The van der Waals surface area contributed by atoms with Gasteiger partial charge in [-0.15, -0.1) is 0 Å². The van der Waals surface area contributed by atoms with Gasteiger partial charge in [0, 0.05) is 42.3 Å². The Morgan fingerprint density at radius 1 is 0.838 bits per heavy atom. The topological polar surface area (TPSA) is 19.4 Å². The van der Waals surface area contributed by atoms with Crippen LogP contribution in [-0.4, -0.2) is 42.6 Å². The Labute approximate surface area is 225 Å². The standard InChI is InChI=1S/C24H33N3.C10H14/c1-18-8-4-5-9-22(18)24-20(3)25-19(2)16-23(24)27(17-21-10-11-21)15-14-26-12-6-7-13-26;1-7-5-8(2)10(4)9(3)6-7/h4-5,8-9,16,21H,6-7,10-15,17H2,1-3H3;5-6H,1-4H3. The predicted molar refractivity (Wildman–Crippen MR) is 160 cm³/mol. The molecule has 0 bridgehead atoms. The van der Waals surface area contributed by atoms with Gasteiger partial charge in [0.25, 0.3) is 0 Å². The van der Waals surface area contributed by atoms with Crippen LogP contribution in [0.25, 0.3) is 11.1 Å². The molecular weight excluding hydrogens is 450 g/mol. The van der Waals surface area contributed by atoms with Gasteiger partial charge < -0.3 is 9.80 Å². The molecule has 2 aliphatic rings. The van der Waals surface area contributed by atoms with Crippen LogP contribution in [0.2, 0.25) is 0 Å². The summed E-state index contributed by atoms with van der Waals surface area (Å²) in [4.78, 5) is 10.1. The van der Waals surface area contributed by atoms with E-state index in [1.165, 1.54) is 96.5 Å². The van der Waals surface area contributed by atoms with E-state index in [2.05, 4.69) is 101 Å². The quantitative estimate of drug-likeness (QED) is 0.331. The Kier molecular flexibility index (Phi) is 9.08. The second kappa shape index (κ2) is 12.3. The summed E-state index contributed by atoms with van der Waals surface area (Å²) < 4.78 is 0. The SMILES string of the molecule is Cc1cc(C)c(C)c(C)c1.Cc1cc(N(CCN2CCCC2)CC2CC2)c(-c2ccccc2C)c(C)n1. The number of hydrogen-bond donors (Lipinski definition) is 0. The average Bonchev–Trinajstić information content (AvgIpc) is 3.52. The molecule has 0 amide bonds. The molecule has 198 valence electrons. The minimum absolute atomic E-state index is 0.877. The Hall–Kier alpha value is -2.65. The van der Waals surface area contributed by atoms with Gasteiger partial charge in [0.1, 0.15) is 0 Å². The minimum Gasteiger partial charge on any atom is -0.369 e. The number of aromatic nitrogens is 1. The Balaban J connectivity index is 0.000000270. The average molecular weight is 498 g/mol. The summed E-state index contributed by atoms with van der Waals surface area (Å²) in [6, 6.07) is 15.5. The van der Waals surface area contributed by atoms with Crippen molar-refractivity contribution >= 4 is 5.69 Å². The van der Waals surface area contributed by atoms with E-state index in [1.807, 2.05) is 0 Å². The van der Waals surface area contributed by atoms with Crippen molar-refractivity contribution in [3.05, 3.63) is 81.7 Å². The van der Waals surface area contributed by atoms with Crippen molar-refractivity contribution in [3.8, 4) is 11.1 Å². The third-order valence-electron chi connectivity index (χ3n) is 8.19. The molecule has 0 spiro atoms. The van der Waals surface area contributed by atoms with Crippen LogP contribution in [0.15, 0.2) is 42.5 Å². The van der Waals surface area contributed by atoms with Gasteiger partial charge in [-0.1, -0.05) is 42.0 Å². The molecule has 1 saturated heterocycles. The second-order valence-corrected chi connectivity index (χ2v) is 11.5. The van der Waals surface area contributed by atoms with Crippen LogP contribution in [-0.2, 0) is 0 Å². The van der Waals surface area contributed by atoms with E-state index in [9.17, 15) is 0 Å². The molecule has 1 saturated carbocycles. The maximum atomic E-state index is 4.83.